The Labute approximate surface area is 291 Å². The first-order chi connectivity index (χ1) is 24.6. The summed E-state index contributed by atoms with van der Waals surface area (Å²) in [6, 6.07) is 43.6. The van der Waals surface area contributed by atoms with Gasteiger partial charge in [-0.05, 0) is 110 Å². The molecule has 50 heavy (non-hydrogen) atoms. The summed E-state index contributed by atoms with van der Waals surface area (Å²) in [5, 5.41) is 12.3. The normalized spacial score (nSPS) is 14.6. The van der Waals surface area contributed by atoms with Crippen molar-refractivity contribution in [2.75, 3.05) is 5.73 Å². The molecule has 1 atom stereocenters. The third-order valence-corrected chi connectivity index (χ3v) is 10.2. The van der Waals surface area contributed by atoms with Gasteiger partial charge in [-0.25, -0.2) is 4.98 Å². The first-order valence-electron chi connectivity index (χ1n) is 17.2. The van der Waals surface area contributed by atoms with Crippen molar-refractivity contribution in [3.63, 3.8) is 0 Å². The van der Waals surface area contributed by atoms with Crippen molar-refractivity contribution >= 4 is 60.6 Å². The minimum atomic E-state index is 0.0154. The lowest BCUT2D eigenvalue weighted by molar-refractivity contribution is 0.744. The highest BCUT2D eigenvalue weighted by atomic mass is 15.1. The SMILES string of the molecule is C/C=C\c1c(N)c2ccccc2n1-c1ccc(C2C=CC(c3ccc4c(C)c5ccccc5c(-c5ccc6ccccc6c5)c4c3)=CN2)cn1. The molecule has 0 spiro atoms. The van der Waals surface area contributed by atoms with Gasteiger partial charge in [-0.15, -0.1) is 0 Å². The molecule has 0 aliphatic carbocycles. The molecule has 2 aromatic heterocycles. The van der Waals surface area contributed by atoms with Crippen LogP contribution in [0.2, 0.25) is 0 Å². The van der Waals surface area contributed by atoms with E-state index in [2.05, 4.69) is 144 Å². The average molecular weight is 645 g/mol. The number of para-hydroxylation sites is 1. The maximum absolute atomic E-state index is 6.57. The molecule has 8 aromatic rings. The van der Waals surface area contributed by atoms with E-state index in [9.17, 15) is 0 Å². The number of hydrogen-bond acceptors (Lipinski definition) is 3. The summed E-state index contributed by atoms with van der Waals surface area (Å²) in [7, 11) is 0. The van der Waals surface area contributed by atoms with E-state index in [4.69, 9.17) is 10.7 Å². The van der Waals surface area contributed by atoms with Crippen molar-refractivity contribution in [3.8, 4) is 16.9 Å². The van der Waals surface area contributed by atoms with E-state index < -0.39 is 0 Å². The Morgan fingerprint density at radius 3 is 2.24 bits per heavy atom. The molecule has 0 saturated carbocycles. The molecule has 0 bridgehead atoms. The van der Waals surface area contributed by atoms with Crippen LogP contribution in [0.25, 0.3) is 71.8 Å². The van der Waals surface area contributed by atoms with Gasteiger partial charge in [0.2, 0.25) is 0 Å². The maximum atomic E-state index is 6.57. The molecule has 0 saturated heterocycles. The van der Waals surface area contributed by atoms with E-state index >= 15 is 0 Å². The van der Waals surface area contributed by atoms with Gasteiger partial charge in [-0.2, -0.15) is 0 Å². The Morgan fingerprint density at radius 1 is 0.720 bits per heavy atom. The van der Waals surface area contributed by atoms with Gasteiger partial charge in [0.15, 0.2) is 0 Å². The molecule has 9 rings (SSSR count). The average Bonchev–Trinajstić information content (AvgIpc) is 3.45. The predicted molar refractivity (Wildman–Crippen MR) is 212 cm³/mol. The Bertz CT molecular complexity index is 2710. The summed E-state index contributed by atoms with van der Waals surface area (Å²) in [6.07, 6.45) is 12.6. The number of nitrogen functional groups attached to an aromatic ring is 1. The number of fused-ring (bicyclic) bond motifs is 4. The fourth-order valence-electron chi connectivity index (χ4n) is 7.67. The van der Waals surface area contributed by atoms with Crippen molar-refractivity contribution in [1.29, 1.82) is 0 Å². The van der Waals surface area contributed by atoms with E-state index in [1.165, 1.54) is 54.6 Å². The largest absolute Gasteiger partial charge is 0.396 e. The van der Waals surface area contributed by atoms with Gasteiger partial charge in [-0.3, -0.25) is 4.57 Å². The van der Waals surface area contributed by atoms with Crippen LogP contribution in [0.15, 0.2) is 152 Å². The van der Waals surface area contributed by atoms with Crippen LogP contribution < -0.4 is 11.1 Å². The van der Waals surface area contributed by atoms with Crippen LogP contribution in [-0.2, 0) is 0 Å². The number of aromatic nitrogens is 2. The molecule has 3 N–H and O–H groups in total. The van der Waals surface area contributed by atoms with Gasteiger partial charge >= 0.3 is 0 Å². The van der Waals surface area contributed by atoms with Crippen molar-refractivity contribution in [2.24, 2.45) is 0 Å². The highest BCUT2D eigenvalue weighted by molar-refractivity contribution is 6.16. The first-order valence-corrected chi connectivity index (χ1v) is 17.2. The maximum Gasteiger partial charge on any atom is 0.137 e. The first kappa shape index (κ1) is 29.7. The van der Waals surface area contributed by atoms with Crippen LogP contribution in [-0.4, -0.2) is 9.55 Å². The number of allylic oxidation sites excluding steroid dienone is 3. The molecule has 1 aliphatic heterocycles. The molecule has 0 fully saturated rings. The fourth-order valence-corrected chi connectivity index (χ4v) is 7.67. The van der Waals surface area contributed by atoms with Crippen LogP contribution in [0.4, 0.5) is 5.69 Å². The minimum Gasteiger partial charge on any atom is -0.396 e. The Kier molecular flexibility index (Phi) is 7.10. The van der Waals surface area contributed by atoms with Crippen LogP contribution in [0.3, 0.4) is 0 Å². The smallest absolute Gasteiger partial charge is 0.137 e. The zero-order chi connectivity index (χ0) is 33.8. The number of benzene rings is 6. The zero-order valence-corrected chi connectivity index (χ0v) is 28.1. The molecule has 4 heteroatoms. The quantitative estimate of drug-likeness (QED) is 0.183. The molecule has 4 nitrogen and oxygen atoms in total. The second-order valence-electron chi connectivity index (χ2n) is 13.1. The minimum absolute atomic E-state index is 0.0154. The number of nitrogens with one attached hydrogen (secondary N) is 1. The molecule has 0 radical (unpaired) electrons. The zero-order valence-electron chi connectivity index (χ0n) is 28.1. The predicted octanol–water partition coefficient (Wildman–Crippen LogP) is 11.3. The fraction of sp³-hybridized carbons (Fsp3) is 0.0652. The lowest BCUT2D eigenvalue weighted by atomic mass is 9.86. The summed E-state index contributed by atoms with van der Waals surface area (Å²) in [5.74, 6) is 0.840. The van der Waals surface area contributed by atoms with E-state index in [0.29, 0.717) is 0 Å². The van der Waals surface area contributed by atoms with Gasteiger partial charge in [-0.1, -0.05) is 115 Å². The number of nitrogens with zero attached hydrogens (tertiary/aromatic N) is 2. The molecular weight excluding hydrogens is 609 g/mol. The van der Waals surface area contributed by atoms with Crippen molar-refractivity contribution in [2.45, 2.75) is 19.9 Å². The van der Waals surface area contributed by atoms with Crippen LogP contribution >= 0.6 is 0 Å². The number of aryl methyl sites for hydroxylation is 1. The van der Waals surface area contributed by atoms with Crippen molar-refractivity contribution in [3.05, 3.63) is 174 Å². The van der Waals surface area contributed by atoms with Gasteiger partial charge in [0.25, 0.3) is 0 Å². The van der Waals surface area contributed by atoms with Crippen molar-refractivity contribution < 1.29 is 0 Å². The summed E-state index contributed by atoms with van der Waals surface area (Å²) < 4.78 is 2.13. The molecule has 240 valence electrons. The number of hydrogen-bond donors (Lipinski definition) is 2. The summed E-state index contributed by atoms with van der Waals surface area (Å²) in [6.45, 7) is 4.25. The molecular formula is C46H36N4. The number of pyridine rings is 1. The molecule has 1 aliphatic rings. The summed E-state index contributed by atoms with van der Waals surface area (Å²) in [5.41, 5.74) is 16.6. The van der Waals surface area contributed by atoms with Crippen molar-refractivity contribution in [1.82, 2.24) is 14.9 Å². The Balaban J connectivity index is 1.06. The van der Waals surface area contributed by atoms with Gasteiger partial charge < -0.3 is 11.1 Å². The van der Waals surface area contributed by atoms with E-state index in [-0.39, 0.29) is 6.04 Å². The van der Waals surface area contributed by atoms with Gasteiger partial charge in [0, 0.05) is 17.8 Å². The molecule has 3 heterocycles. The van der Waals surface area contributed by atoms with Crippen LogP contribution in [0, 0.1) is 6.92 Å². The van der Waals surface area contributed by atoms with Gasteiger partial charge in [0.05, 0.1) is 22.9 Å². The monoisotopic (exact) mass is 644 g/mol. The standard InChI is InChI=1S/C46H36N4/c1-3-10-43-46(47)39-15-8-9-16-42(39)50(43)44-24-21-35(28-49-44)41-23-20-34(27-48-41)32-19-22-37-29(2)36-13-6-7-14-38(36)45(40(37)26-32)33-18-17-30-11-4-5-12-31(30)25-33/h3-28,41,48H,47H2,1-2H3/b10-3-. The lowest BCUT2D eigenvalue weighted by Crippen LogP contribution is -2.17. The third-order valence-electron chi connectivity index (χ3n) is 10.2. The van der Waals surface area contributed by atoms with Crippen LogP contribution in [0.5, 0.6) is 0 Å². The highest BCUT2D eigenvalue weighted by Crippen LogP contribution is 2.41. The van der Waals surface area contributed by atoms with Gasteiger partial charge in [0.1, 0.15) is 5.82 Å². The number of anilines is 1. The Hall–Kier alpha value is -6.39. The molecule has 6 aromatic carbocycles. The number of rotatable bonds is 5. The molecule has 1 unspecified atom stereocenters. The topological polar surface area (TPSA) is 55.9 Å². The second-order valence-corrected chi connectivity index (χ2v) is 13.1. The number of nitrogens with two attached hydrogens (primary N) is 1. The van der Waals surface area contributed by atoms with Crippen LogP contribution in [0.1, 0.15) is 35.3 Å². The number of dihydropyridines is 1. The lowest BCUT2D eigenvalue weighted by Gasteiger charge is -2.21. The second kappa shape index (κ2) is 11.9. The summed E-state index contributed by atoms with van der Waals surface area (Å²) in [4.78, 5) is 4.91. The Morgan fingerprint density at radius 2 is 1.46 bits per heavy atom. The highest BCUT2D eigenvalue weighted by Gasteiger charge is 2.18. The van der Waals surface area contributed by atoms with E-state index in [1.807, 2.05) is 37.4 Å². The summed E-state index contributed by atoms with van der Waals surface area (Å²) >= 11 is 0. The van der Waals surface area contributed by atoms with E-state index in [0.717, 1.165) is 39.2 Å². The molecule has 0 amide bonds. The van der Waals surface area contributed by atoms with E-state index in [1.54, 1.807) is 0 Å². The third kappa shape index (κ3) is 4.80.